The van der Waals surface area contributed by atoms with Crippen LogP contribution in [0.15, 0.2) is 28.7 Å². The molecule has 0 saturated carbocycles. The number of carboxylic acid groups (broad SMARTS) is 1. The van der Waals surface area contributed by atoms with Gasteiger partial charge in [-0.05, 0) is 28.1 Å². The summed E-state index contributed by atoms with van der Waals surface area (Å²) in [6.45, 7) is 0. The zero-order chi connectivity index (χ0) is 9.84. The maximum atomic E-state index is 13.2. The average molecular weight is 245 g/mol. The molecule has 1 N–H and O–H groups in total. The first-order valence-corrected chi connectivity index (χ1v) is 4.25. The van der Waals surface area contributed by atoms with E-state index >= 15 is 0 Å². The van der Waals surface area contributed by atoms with Gasteiger partial charge in [-0.1, -0.05) is 12.1 Å². The van der Waals surface area contributed by atoms with Gasteiger partial charge in [0.1, 0.15) is 5.82 Å². The van der Waals surface area contributed by atoms with E-state index in [9.17, 15) is 9.18 Å². The Bertz CT molecular complexity index is 361. The summed E-state index contributed by atoms with van der Waals surface area (Å²) in [5.41, 5.74) is 0.247. The molecule has 0 aliphatic heterocycles. The lowest BCUT2D eigenvalue weighted by molar-refractivity contribution is -0.131. The van der Waals surface area contributed by atoms with E-state index in [0.717, 1.165) is 6.08 Å². The van der Waals surface area contributed by atoms with Crippen molar-refractivity contribution >= 4 is 28.0 Å². The first-order chi connectivity index (χ1) is 6.11. The second kappa shape index (κ2) is 4.18. The molecule has 4 heteroatoms. The van der Waals surface area contributed by atoms with Crippen LogP contribution in [0.2, 0.25) is 0 Å². The fourth-order valence-corrected chi connectivity index (χ4v) is 1.19. The van der Waals surface area contributed by atoms with E-state index in [2.05, 4.69) is 15.9 Å². The molecule has 2 nitrogen and oxygen atoms in total. The monoisotopic (exact) mass is 244 g/mol. The molecule has 68 valence electrons. The lowest BCUT2D eigenvalue weighted by atomic mass is 10.2. The molecule has 1 rings (SSSR count). The first kappa shape index (κ1) is 9.92. The van der Waals surface area contributed by atoms with Gasteiger partial charge in [0, 0.05) is 11.6 Å². The third-order valence-corrected chi connectivity index (χ3v) is 2.00. The molecule has 13 heavy (non-hydrogen) atoms. The third-order valence-electron chi connectivity index (χ3n) is 1.39. The Balaban J connectivity index is 3.02. The van der Waals surface area contributed by atoms with Crippen molar-refractivity contribution in [2.24, 2.45) is 0 Å². The SMILES string of the molecule is O=C(O)/C=C\c1cccc(Br)c1F. The van der Waals surface area contributed by atoms with Crippen molar-refractivity contribution in [3.05, 3.63) is 40.1 Å². The fourth-order valence-electron chi connectivity index (χ4n) is 0.810. The molecule has 0 heterocycles. The molecule has 1 aromatic rings. The minimum Gasteiger partial charge on any atom is -0.478 e. The van der Waals surface area contributed by atoms with E-state index in [-0.39, 0.29) is 5.56 Å². The van der Waals surface area contributed by atoms with Crippen LogP contribution in [-0.2, 0) is 4.79 Å². The van der Waals surface area contributed by atoms with E-state index in [0.29, 0.717) is 4.47 Å². The van der Waals surface area contributed by atoms with Crippen LogP contribution in [0.25, 0.3) is 6.08 Å². The Labute approximate surface area is 82.8 Å². The Hall–Kier alpha value is -1.16. The maximum absolute atomic E-state index is 13.2. The van der Waals surface area contributed by atoms with E-state index in [1.807, 2.05) is 0 Å². The van der Waals surface area contributed by atoms with Gasteiger partial charge < -0.3 is 5.11 Å². The highest BCUT2D eigenvalue weighted by molar-refractivity contribution is 9.10. The summed E-state index contributed by atoms with van der Waals surface area (Å²) >= 11 is 3.00. The number of hydrogen-bond acceptors (Lipinski definition) is 1. The predicted octanol–water partition coefficient (Wildman–Crippen LogP) is 2.69. The highest BCUT2D eigenvalue weighted by Gasteiger charge is 2.02. The Morgan fingerprint density at radius 3 is 2.85 bits per heavy atom. The van der Waals surface area contributed by atoms with Crippen LogP contribution >= 0.6 is 15.9 Å². The molecule has 0 bridgehead atoms. The molecule has 0 aromatic heterocycles. The highest BCUT2D eigenvalue weighted by Crippen LogP contribution is 2.19. The summed E-state index contributed by atoms with van der Waals surface area (Å²) in [6.07, 6.45) is 2.10. The predicted molar refractivity (Wildman–Crippen MR) is 50.8 cm³/mol. The summed E-state index contributed by atoms with van der Waals surface area (Å²) in [5, 5.41) is 8.31. The van der Waals surface area contributed by atoms with Crippen molar-refractivity contribution in [1.82, 2.24) is 0 Å². The van der Waals surface area contributed by atoms with E-state index in [1.165, 1.54) is 12.1 Å². The molecule has 0 saturated heterocycles. The van der Waals surface area contributed by atoms with Crippen molar-refractivity contribution in [3.8, 4) is 0 Å². The summed E-state index contributed by atoms with van der Waals surface area (Å²) in [7, 11) is 0. The molecule has 0 spiro atoms. The molecule has 0 fully saturated rings. The Morgan fingerprint density at radius 1 is 1.54 bits per heavy atom. The zero-order valence-corrected chi connectivity index (χ0v) is 8.08. The lowest BCUT2D eigenvalue weighted by Crippen LogP contribution is -1.88. The van der Waals surface area contributed by atoms with Crippen LogP contribution in [0.4, 0.5) is 4.39 Å². The van der Waals surface area contributed by atoms with Gasteiger partial charge in [-0.25, -0.2) is 9.18 Å². The number of benzene rings is 1. The number of rotatable bonds is 2. The van der Waals surface area contributed by atoms with E-state index < -0.39 is 11.8 Å². The molecular formula is C9H6BrFO2. The third kappa shape index (κ3) is 2.66. The molecule has 1 aromatic carbocycles. The van der Waals surface area contributed by atoms with Crippen LogP contribution in [0, 0.1) is 5.82 Å². The second-order valence-corrected chi connectivity index (χ2v) is 3.17. The minimum absolute atomic E-state index is 0.247. The molecular weight excluding hydrogens is 239 g/mol. The zero-order valence-electron chi connectivity index (χ0n) is 6.50. The van der Waals surface area contributed by atoms with Crippen LogP contribution in [0.1, 0.15) is 5.56 Å². The quantitative estimate of drug-likeness (QED) is 0.813. The average Bonchev–Trinajstić information content (AvgIpc) is 2.07. The second-order valence-electron chi connectivity index (χ2n) is 2.31. The van der Waals surface area contributed by atoms with Gasteiger partial charge in [-0.15, -0.1) is 0 Å². The van der Waals surface area contributed by atoms with Crippen molar-refractivity contribution < 1.29 is 14.3 Å². The highest BCUT2D eigenvalue weighted by atomic mass is 79.9. The Kier molecular flexibility index (Phi) is 3.19. The lowest BCUT2D eigenvalue weighted by Gasteiger charge is -1.97. The van der Waals surface area contributed by atoms with Crippen LogP contribution in [0.3, 0.4) is 0 Å². The summed E-state index contributed by atoms with van der Waals surface area (Å²) in [5.74, 6) is -1.56. The van der Waals surface area contributed by atoms with Gasteiger partial charge in [0.25, 0.3) is 0 Å². The fraction of sp³-hybridized carbons (Fsp3) is 0. The van der Waals surface area contributed by atoms with Gasteiger partial charge in [0.15, 0.2) is 0 Å². The number of hydrogen-bond donors (Lipinski definition) is 1. The van der Waals surface area contributed by atoms with Crippen molar-refractivity contribution in [2.45, 2.75) is 0 Å². The van der Waals surface area contributed by atoms with Crippen LogP contribution < -0.4 is 0 Å². The van der Waals surface area contributed by atoms with Crippen molar-refractivity contribution in [3.63, 3.8) is 0 Å². The van der Waals surface area contributed by atoms with E-state index in [1.54, 1.807) is 12.1 Å². The van der Waals surface area contributed by atoms with Crippen molar-refractivity contribution in [2.75, 3.05) is 0 Å². The molecule has 0 radical (unpaired) electrons. The van der Waals surface area contributed by atoms with Crippen LogP contribution in [0.5, 0.6) is 0 Å². The number of halogens is 2. The smallest absolute Gasteiger partial charge is 0.328 e. The van der Waals surface area contributed by atoms with Gasteiger partial charge in [0.05, 0.1) is 4.47 Å². The largest absolute Gasteiger partial charge is 0.478 e. The standard InChI is InChI=1S/C9H6BrFO2/c10-7-3-1-2-6(9(7)11)4-5-8(12)13/h1-5H,(H,12,13)/b5-4-. The minimum atomic E-state index is -1.10. The number of carboxylic acids is 1. The molecule has 0 amide bonds. The van der Waals surface area contributed by atoms with Gasteiger partial charge in [-0.2, -0.15) is 0 Å². The summed E-state index contributed by atoms with van der Waals surface area (Å²) in [6, 6.07) is 4.68. The molecule has 0 aliphatic carbocycles. The maximum Gasteiger partial charge on any atom is 0.328 e. The van der Waals surface area contributed by atoms with Crippen LogP contribution in [-0.4, -0.2) is 11.1 Å². The number of carbonyl (C=O) groups is 1. The summed E-state index contributed by atoms with van der Waals surface area (Å²) < 4.78 is 13.5. The summed E-state index contributed by atoms with van der Waals surface area (Å²) in [4.78, 5) is 10.1. The van der Waals surface area contributed by atoms with Crippen molar-refractivity contribution in [1.29, 1.82) is 0 Å². The van der Waals surface area contributed by atoms with Gasteiger partial charge in [0.2, 0.25) is 0 Å². The first-order valence-electron chi connectivity index (χ1n) is 3.46. The Morgan fingerprint density at radius 2 is 2.23 bits per heavy atom. The van der Waals surface area contributed by atoms with E-state index in [4.69, 9.17) is 5.11 Å². The molecule has 0 aliphatic rings. The normalized spacial score (nSPS) is 10.6. The van der Waals surface area contributed by atoms with Gasteiger partial charge >= 0.3 is 5.97 Å². The topological polar surface area (TPSA) is 37.3 Å². The molecule has 0 atom stereocenters. The molecule has 0 unspecified atom stereocenters. The van der Waals surface area contributed by atoms with Gasteiger partial charge in [-0.3, -0.25) is 0 Å². The number of aliphatic carboxylic acids is 1.